The van der Waals surface area contributed by atoms with Crippen molar-refractivity contribution in [2.75, 3.05) is 5.32 Å². The number of nitrogens with one attached hydrogen (secondary N) is 1. The lowest BCUT2D eigenvalue weighted by atomic mass is 9.97. The number of hydrogen-bond donors (Lipinski definition) is 1. The van der Waals surface area contributed by atoms with Crippen LogP contribution in [-0.2, 0) is 16.6 Å². The second kappa shape index (κ2) is 9.61. The first-order valence-corrected chi connectivity index (χ1v) is 11.2. The third kappa shape index (κ3) is 4.49. The molecule has 1 aromatic heterocycles. The van der Waals surface area contributed by atoms with Gasteiger partial charge in [-0.3, -0.25) is 9.59 Å². The number of carbonyl (C=O) groups excluding carboxylic acids is 2. The van der Waals surface area contributed by atoms with E-state index in [1.807, 2.05) is 30.3 Å². The van der Waals surface area contributed by atoms with Crippen LogP contribution in [-0.4, -0.2) is 22.5 Å². The Bertz CT molecular complexity index is 1470. The fourth-order valence-corrected chi connectivity index (χ4v) is 4.03. The fourth-order valence-electron chi connectivity index (χ4n) is 3.70. The fraction of sp³-hybridized carbons (Fsp3) is 0.115. The van der Waals surface area contributed by atoms with Gasteiger partial charge >= 0.3 is 5.97 Å². The molecule has 0 aliphatic rings. The molecule has 4 aromatic rings. The predicted octanol–water partition coefficient (Wildman–Crippen LogP) is 5.29. The van der Waals surface area contributed by atoms with Crippen molar-refractivity contribution >= 4 is 44.3 Å². The van der Waals surface area contributed by atoms with Gasteiger partial charge in [-0.2, -0.15) is 0 Å². The average molecular weight is 523 g/mol. The number of anilines is 1. The summed E-state index contributed by atoms with van der Waals surface area (Å²) in [4.78, 5) is 38.9. The summed E-state index contributed by atoms with van der Waals surface area (Å²) in [6.45, 7) is 1.38. The molecule has 0 aliphatic heterocycles. The van der Waals surface area contributed by atoms with Crippen molar-refractivity contribution in [2.24, 2.45) is 7.05 Å². The second-order valence-electron chi connectivity index (χ2n) is 7.66. The smallest absolute Gasteiger partial charge is 0.356 e. The second-order valence-corrected chi connectivity index (χ2v) is 8.58. The Kier molecular flexibility index (Phi) is 6.61. The Morgan fingerprint density at radius 1 is 1.00 bits per heavy atom. The SMILES string of the molecule is CC(OC(=O)c1c(-c2ccccc2)c2ccccc2c(=O)n1C)C(=O)Nc1ccc(Br)cc1F. The molecular formula is C26H20BrFN2O4. The molecule has 0 bridgehead atoms. The van der Waals surface area contributed by atoms with Gasteiger partial charge in [0.15, 0.2) is 6.10 Å². The zero-order chi connectivity index (χ0) is 24.4. The zero-order valence-electron chi connectivity index (χ0n) is 18.3. The number of amides is 1. The standard InChI is InChI=1S/C26H20BrFN2O4/c1-15(24(31)29-21-13-12-17(27)14-20(21)28)34-26(33)23-22(16-8-4-3-5-9-16)18-10-6-7-11-19(18)25(32)30(23)2/h3-15H,1-2H3,(H,29,31). The molecule has 0 radical (unpaired) electrons. The molecule has 6 nitrogen and oxygen atoms in total. The number of nitrogens with zero attached hydrogens (tertiary/aromatic N) is 1. The maximum Gasteiger partial charge on any atom is 0.356 e. The van der Waals surface area contributed by atoms with E-state index in [2.05, 4.69) is 21.2 Å². The number of hydrogen-bond acceptors (Lipinski definition) is 4. The van der Waals surface area contributed by atoms with Crippen LogP contribution in [0, 0.1) is 5.82 Å². The van der Waals surface area contributed by atoms with Crippen molar-refractivity contribution in [3.8, 4) is 11.1 Å². The molecule has 172 valence electrons. The molecular weight excluding hydrogens is 503 g/mol. The molecule has 1 heterocycles. The molecule has 0 saturated carbocycles. The van der Waals surface area contributed by atoms with Crippen LogP contribution in [0.15, 0.2) is 82.1 Å². The predicted molar refractivity (Wildman–Crippen MR) is 132 cm³/mol. The normalized spacial score (nSPS) is 11.8. The van der Waals surface area contributed by atoms with Crippen LogP contribution in [0.4, 0.5) is 10.1 Å². The highest BCUT2D eigenvalue weighted by Gasteiger charge is 2.26. The van der Waals surface area contributed by atoms with E-state index in [0.29, 0.717) is 20.8 Å². The van der Waals surface area contributed by atoms with E-state index in [9.17, 15) is 18.8 Å². The number of carbonyl (C=O) groups is 2. The minimum absolute atomic E-state index is 0.0179. The number of rotatable bonds is 5. The van der Waals surface area contributed by atoms with Gasteiger partial charge in [0.2, 0.25) is 0 Å². The minimum Gasteiger partial charge on any atom is -0.448 e. The van der Waals surface area contributed by atoms with Crippen LogP contribution in [0.5, 0.6) is 0 Å². The summed E-state index contributed by atoms with van der Waals surface area (Å²) in [5.74, 6) is -2.19. The van der Waals surface area contributed by atoms with E-state index in [1.54, 1.807) is 30.3 Å². The first-order valence-electron chi connectivity index (χ1n) is 10.4. The van der Waals surface area contributed by atoms with Gasteiger partial charge in [0.1, 0.15) is 11.5 Å². The van der Waals surface area contributed by atoms with Crippen LogP contribution >= 0.6 is 15.9 Å². The first-order chi connectivity index (χ1) is 16.3. The Labute approximate surface area is 203 Å². The molecule has 0 saturated heterocycles. The van der Waals surface area contributed by atoms with Gasteiger partial charge in [0.05, 0.1) is 5.69 Å². The Balaban J connectivity index is 1.72. The summed E-state index contributed by atoms with van der Waals surface area (Å²) in [5.41, 5.74) is 0.852. The van der Waals surface area contributed by atoms with Gasteiger partial charge in [-0.15, -0.1) is 0 Å². The maximum absolute atomic E-state index is 14.1. The van der Waals surface area contributed by atoms with Gasteiger partial charge in [-0.1, -0.05) is 64.5 Å². The van der Waals surface area contributed by atoms with Crippen molar-refractivity contribution in [1.82, 2.24) is 4.57 Å². The molecule has 0 spiro atoms. The van der Waals surface area contributed by atoms with E-state index in [1.165, 1.54) is 30.7 Å². The first kappa shape index (κ1) is 23.4. The van der Waals surface area contributed by atoms with Gasteiger partial charge in [-0.25, -0.2) is 9.18 Å². The van der Waals surface area contributed by atoms with Crippen molar-refractivity contribution in [3.05, 3.63) is 99.1 Å². The van der Waals surface area contributed by atoms with Crippen LogP contribution in [0.25, 0.3) is 21.9 Å². The van der Waals surface area contributed by atoms with E-state index in [-0.39, 0.29) is 16.9 Å². The van der Waals surface area contributed by atoms with Crippen molar-refractivity contribution in [2.45, 2.75) is 13.0 Å². The van der Waals surface area contributed by atoms with Gasteiger partial charge in [0.25, 0.3) is 11.5 Å². The molecule has 3 aromatic carbocycles. The van der Waals surface area contributed by atoms with E-state index in [4.69, 9.17) is 4.74 Å². The summed E-state index contributed by atoms with van der Waals surface area (Å²) in [7, 11) is 1.49. The third-order valence-electron chi connectivity index (χ3n) is 5.40. The lowest BCUT2D eigenvalue weighted by Crippen LogP contribution is -2.33. The third-order valence-corrected chi connectivity index (χ3v) is 5.89. The summed E-state index contributed by atoms with van der Waals surface area (Å²) in [6.07, 6.45) is -1.25. The molecule has 0 aliphatic carbocycles. The number of aromatic nitrogens is 1. The lowest BCUT2D eigenvalue weighted by Gasteiger charge is -2.19. The molecule has 8 heteroatoms. The summed E-state index contributed by atoms with van der Waals surface area (Å²) < 4.78 is 21.3. The number of esters is 1. The van der Waals surface area contributed by atoms with Crippen LogP contribution in [0.3, 0.4) is 0 Å². The van der Waals surface area contributed by atoms with Crippen molar-refractivity contribution < 1.29 is 18.7 Å². The molecule has 1 amide bonds. The summed E-state index contributed by atoms with van der Waals surface area (Å²) in [5, 5.41) is 3.47. The number of halogens is 2. The Morgan fingerprint density at radius 2 is 1.65 bits per heavy atom. The summed E-state index contributed by atoms with van der Waals surface area (Å²) in [6, 6.07) is 20.3. The Hall–Kier alpha value is -3.78. The number of fused-ring (bicyclic) bond motifs is 1. The maximum atomic E-state index is 14.1. The highest BCUT2D eigenvalue weighted by molar-refractivity contribution is 9.10. The molecule has 1 unspecified atom stereocenters. The largest absolute Gasteiger partial charge is 0.448 e. The van der Waals surface area contributed by atoms with Gasteiger partial charge in [-0.05, 0) is 42.1 Å². The number of benzene rings is 3. The van der Waals surface area contributed by atoms with E-state index < -0.39 is 23.8 Å². The van der Waals surface area contributed by atoms with Crippen LogP contribution < -0.4 is 10.9 Å². The highest BCUT2D eigenvalue weighted by Crippen LogP contribution is 2.31. The topological polar surface area (TPSA) is 77.4 Å². The van der Waals surface area contributed by atoms with Crippen LogP contribution in [0.1, 0.15) is 17.4 Å². The highest BCUT2D eigenvalue weighted by atomic mass is 79.9. The molecule has 1 atom stereocenters. The van der Waals surface area contributed by atoms with Gasteiger partial charge < -0.3 is 14.6 Å². The number of pyridine rings is 1. The van der Waals surface area contributed by atoms with Crippen LogP contribution in [0.2, 0.25) is 0 Å². The quantitative estimate of drug-likeness (QED) is 0.361. The van der Waals surface area contributed by atoms with Crippen molar-refractivity contribution in [1.29, 1.82) is 0 Å². The Morgan fingerprint density at radius 3 is 2.32 bits per heavy atom. The molecule has 1 N–H and O–H groups in total. The zero-order valence-corrected chi connectivity index (χ0v) is 19.9. The summed E-state index contributed by atoms with van der Waals surface area (Å²) >= 11 is 3.16. The molecule has 0 fully saturated rings. The minimum atomic E-state index is -1.25. The van der Waals surface area contributed by atoms with E-state index in [0.717, 1.165) is 5.56 Å². The van der Waals surface area contributed by atoms with Crippen molar-refractivity contribution in [3.63, 3.8) is 0 Å². The van der Waals surface area contributed by atoms with Gasteiger partial charge in [0, 0.05) is 22.5 Å². The molecule has 34 heavy (non-hydrogen) atoms. The monoisotopic (exact) mass is 522 g/mol. The number of ether oxygens (including phenoxy) is 1. The van der Waals surface area contributed by atoms with E-state index >= 15 is 0 Å². The molecule has 4 rings (SSSR count). The lowest BCUT2D eigenvalue weighted by molar-refractivity contribution is -0.123. The average Bonchev–Trinajstić information content (AvgIpc) is 2.83.